The highest BCUT2D eigenvalue weighted by Crippen LogP contribution is 2.31. The Morgan fingerprint density at radius 1 is 0.741 bits per heavy atom. The van der Waals surface area contributed by atoms with Gasteiger partial charge in [0.25, 0.3) is 0 Å². The number of unbranched alkanes of at least 4 members (excludes halogenated alkanes) is 7. The third kappa shape index (κ3) is 11.0. The third-order valence-corrected chi connectivity index (χ3v) is 6.86. The van der Waals surface area contributed by atoms with Crippen LogP contribution in [0.1, 0.15) is 122 Å². The van der Waals surface area contributed by atoms with Crippen LogP contribution in [0.3, 0.4) is 0 Å². The lowest BCUT2D eigenvalue weighted by Crippen LogP contribution is -2.10. The van der Waals surface area contributed by atoms with Crippen LogP contribution >= 0.6 is 0 Å². The lowest BCUT2D eigenvalue weighted by molar-refractivity contribution is 0.292. The van der Waals surface area contributed by atoms with E-state index in [1.54, 1.807) is 0 Å². The molecule has 0 nitrogen and oxygen atoms in total. The maximum Gasteiger partial charge on any atom is -0.0276 e. The summed E-state index contributed by atoms with van der Waals surface area (Å²) < 4.78 is 0. The number of benzene rings is 1. The first-order valence-corrected chi connectivity index (χ1v) is 12.4. The van der Waals surface area contributed by atoms with E-state index in [1.165, 1.54) is 121 Å². The third-order valence-electron chi connectivity index (χ3n) is 6.86. The molecule has 1 unspecified atom stereocenters. The van der Waals surface area contributed by atoms with Crippen molar-refractivity contribution in [2.45, 2.75) is 122 Å². The topological polar surface area (TPSA) is 0 Å². The Morgan fingerprint density at radius 3 is 2.11 bits per heavy atom. The zero-order valence-corrected chi connectivity index (χ0v) is 18.3. The van der Waals surface area contributed by atoms with Gasteiger partial charge >= 0.3 is 0 Å². The highest BCUT2D eigenvalue weighted by Gasteiger charge is 2.16. The van der Waals surface area contributed by atoms with Gasteiger partial charge in [-0.3, -0.25) is 0 Å². The van der Waals surface area contributed by atoms with Crippen molar-refractivity contribution in [2.75, 3.05) is 0 Å². The van der Waals surface area contributed by atoms with Crippen LogP contribution in [-0.4, -0.2) is 0 Å². The molecule has 1 aliphatic rings. The minimum atomic E-state index is 0.965. The van der Waals surface area contributed by atoms with Gasteiger partial charge in [0.15, 0.2) is 0 Å². The molecule has 0 saturated heterocycles. The molecule has 2 rings (SSSR count). The quantitative estimate of drug-likeness (QED) is 0.270. The van der Waals surface area contributed by atoms with E-state index >= 15 is 0 Å². The summed E-state index contributed by atoms with van der Waals surface area (Å²) in [5, 5.41) is 0. The molecule has 0 heterocycles. The van der Waals surface area contributed by atoms with Gasteiger partial charge < -0.3 is 0 Å². The summed E-state index contributed by atoms with van der Waals surface area (Å²) in [5.74, 6) is 2.02. The van der Waals surface area contributed by atoms with Crippen molar-refractivity contribution in [3.63, 3.8) is 0 Å². The lowest BCUT2D eigenvalue weighted by atomic mass is 9.82. The van der Waals surface area contributed by atoms with Gasteiger partial charge in [-0.05, 0) is 30.2 Å². The average Bonchev–Trinajstić information content (AvgIpc) is 2.73. The Hall–Kier alpha value is -0.780. The number of rotatable bonds is 15. The molecule has 0 radical (unpaired) electrons. The summed E-state index contributed by atoms with van der Waals surface area (Å²) in [7, 11) is 0. The fraction of sp³-hybridized carbons (Fsp3) is 0.778. The van der Waals surface area contributed by atoms with E-state index in [-0.39, 0.29) is 0 Å². The predicted molar refractivity (Wildman–Crippen MR) is 121 cm³/mol. The van der Waals surface area contributed by atoms with Crippen LogP contribution in [0.4, 0.5) is 0 Å². The van der Waals surface area contributed by atoms with Crippen LogP contribution in [-0.2, 0) is 6.42 Å². The second kappa shape index (κ2) is 15.2. The van der Waals surface area contributed by atoms with E-state index < -0.39 is 0 Å². The second-order valence-corrected chi connectivity index (χ2v) is 9.24. The molecule has 0 spiro atoms. The Morgan fingerprint density at radius 2 is 1.41 bits per heavy atom. The SMILES string of the molecule is CCCCCCCCCCC(CCc1ccccc1)CCC1CCCCC1. The van der Waals surface area contributed by atoms with E-state index in [4.69, 9.17) is 0 Å². The molecule has 0 aromatic heterocycles. The molecule has 0 aliphatic heterocycles. The lowest BCUT2D eigenvalue weighted by Gasteiger charge is -2.24. The minimum absolute atomic E-state index is 0.965. The Balaban J connectivity index is 1.64. The van der Waals surface area contributed by atoms with Gasteiger partial charge in [0, 0.05) is 0 Å². The van der Waals surface area contributed by atoms with E-state index in [0.29, 0.717) is 0 Å². The molecule has 1 aromatic rings. The second-order valence-electron chi connectivity index (χ2n) is 9.24. The van der Waals surface area contributed by atoms with Crippen molar-refractivity contribution in [1.29, 1.82) is 0 Å². The summed E-state index contributed by atoms with van der Waals surface area (Å²) in [6.07, 6.45) is 26.3. The predicted octanol–water partition coefficient (Wildman–Crippen LogP) is 9.13. The van der Waals surface area contributed by atoms with Gasteiger partial charge in [0.05, 0.1) is 0 Å². The van der Waals surface area contributed by atoms with Gasteiger partial charge in [0.1, 0.15) is 0 Å². The van der Waals surface area contributed by atoms with Crippen molar-refractivity contribution in [3.8, 4) is 0 Å². The fourth-order valence-corrected chi connectivity index (χ4v) is 4.96. The maximum absolute atomic E-state index is 2.31. The molecule has 0 amide bonds. The van der Waals surface area contributed by atoms with Crippen molar-refractivity contribution < 1.29 is 0 Å². The molecular formula is C27H46. The summed E-state index contributed by atoms with van der Waals surface area (Å²) in [4.78, 5) is 0. The molecule has 1 atom stereocenters. The number of hydrogen-bond acceptors (Lipinski definition) is 0. The normalized spacial score (nSPS) is 16.5. The Bertz CT molecular complexity index is 429. The monoisotopic (exact) mass is 370 g/mol. The Labute approximate surface area is 170 Å². The summed E-state index contributed by atoms with van der Waals surface area (Å²) in [5.41, 5.74) is 1.54. The average molecular weight is 371 g/mol. The van der Waals surface area contributed by atoms with Gasteiger partial charge in [0.2, 0.25) is 0 Å². The van der Waals surface area contributed by atoms with Crippen LogP contribution in [0.25, 0.3) is 0 Å². The zero-order chi connectivity index (χ0) is 19.0. The van der Waals surface area contributed by atoms with E-state index in [0.717, 1.165) is 11.8 Å². The molecule has 1 saturated carbocycles. The minimum Gasteiger partial charge on any atom is -0.0654 e. The number of hydrogen-bond donors (Lipinski definition) is 0. The first kappa shape index (κ1) is 22.5. The van der Waals surface area contributed by atoms with Crippen LogP contribution in [0.15, 0.2) is 30.3 Å². The van der Waals surface area contributed by atoms with Gasteiger partial charge in [-0.1, -0.05) is 140 Å². The first-order valence-electron chi connectivity index (χ1n) is 12.4. The van der Waals surface area contributed by atoms with Gasteiger partial charge in [-0.25, -0.2) is 0 Å². The highest BCUT2D eigenvalue weighted by atomic mass is 14.2. The number of aryl methyl sites for hydroxylation is 1. The van der Waals surface area contributed by atoms with Gasteiger partial charge in [-0.2, -0.15) is 0 Å². The van der Waals surface area contributed by atoms with Crippen LogP contribution in [0, 0.1) is 11.8 Å². The summed E-state index contributed by atoms with van der Waals surface area (Å²) >= 11 is 0. The van der Waals surface area contributed by atoms with Crippen molar-refractivity contribution in [2.24, 2.45) is 11.8 Å². The highest BCUT2D eigenvalue weighted by molar-refractivity contribution is 5.14. The molecule has 0 bridgehead atoms. The van der Waals surface area contributed by atoms with Crippen molar-refractivity contribution >= 4 is 0 Å². The zero-order valence-electron chi connectivity index (χ0n) is 18.3. The van der Waals surface area contributed by atoms with Crippen LogP contribution in [0.2, 0.25) is 0 Å². The molecular weight excluding hydrogens is 324 g/mol. The smallest absolute Gasteiger partial charge is 0.0276 e. The van der Waals surface area contributed by atoms with E-state index in [2.05, 4.69) is 37.3 Å². The fourth-order valence-electron chi connectivity index (χ4n) is 4.96. The molecule has 1 aliphatic carbocycles. The van der Waals surface area contributed by atoms with E-state index in [9.17, 15) is 0 Å². The van der Waals surface area contributed by atoms with Crippen molar-refractivity contribution in [3.05, 3.63) is 35.9 Å². The van der Waals surface area contributed by atoms with Crippen molar-refractivity contribution in [1.82, 2.24) is 0 Å². The summed E-state index contributed by atoms with van der Waals surface area (Å²) in [6.45, 7) is 2.31. The molecule has 1 fully saturated rings. The molecule has 0 heteroatoms. The van der Waals surface area contributed by atoms with Gasteiger partial charge in [-0.15, -0.1) is 0 Å². The molecule has 27 heavy (non-hydrogen) atoms. The largest absolute Gasteiger partial charge is 0.0654 e. The maximum atomic E-state index is 2.31. The molecule has 1 aromatic carbocycles. The standard InChI is InChI=1S/C27H46/c1-2-3-4-5-6-7-8-11-20-27(23-21-25-16-12-9-13-17-25)24-22-26-18-14-10-15-19-26/h9,12-13,16-17,26-27H,2-8,10-11,14-15,18-24H2,1H3. The molecule has 154 valence electrons. The summed E-state index contributed by atoms with van der Waals surface area (Å²) in [6, 6.07) is 11.2. The van der Waals surface area contributed by atoms with Crippen LogP contribution < -0.4 is 0 Å². The first-order chi connectivity index (χ1) is 13.4. The molecule has 0 N–H and O–H groups in total. The van der Waals surface area contributed by atoms with E-state index in [1.807, 2.05) is 0 Å². The van der Waals surface area contributed by atoms with Crippen LogP contribution in [0.5, 0.6) is 0 Å². The Kier molecular flexibility index (Phi) is 12.7.